The van der Waals surface area contributed by atoms with E-state index in [9.17, 15) is 13.2 Å². The third-order valence-electron chi connectivity index (χ3n) is 3.96. The molecule has 2 aromatic rings. The largest absolute Gasteiger partial charge is 0.574 e. The van der Waals surface area contributed by atoms with Gasteiger partial charge in [0.15, 0.2) is 5.82 Å². The summed E-state index contributed by atoms with van der Waals surface area (Å²) in [5.74, 6) is 6.73. The van der Waals surface area contributed by atoms with Crippen LogP contribution in [0.3, 0.4) is 0 Å². The number of pyridine rings is 1. The molecule has 0 radical (unpaired) electrons. The molecule has 0 N–H and O–H groups in total. The van der Waals surface area contributed by atoms with Gasteiger partial charge >= 0.3 is 6.36 Å². The molecule has 8 heteroatoms. The highest BCUT2D eigenvalue weighted by molar-refractivity contribution is 5.45. The molecule has 0 spiro atoms. The van der Waals surface area contributed by atoms with E-state index >= 15 is 0 Å². The number of ether oxygens (including phenoxy) is 1. The molecule has 0 fully saturated rings. The van der Waals surface area contributed by atoms with Gasteiger partial charge in [-0.05, 0) is 12.0 Å². The molecule has 0 unspecified atom stereocenters. The van der Waals surface area contributed by atoms with Crippen LogP contribution >= 0.6 is 0 Å². The highest BCUT2D eigenvalue weighted by Gasteiger charge is 2.31. The van der Waals surface area contributed by atoms with Crippen LogP contribution in [0.5, 0.6) is 5.88 Å². The maximum absolute atomic E-state index is 12.3. The van der Waals surface area contributed by atoms with Gasteiger partial charge in [-0.2, -0.15) is 0 Å². The Morgan fingerprint density at radius 2 is 1.85 bits per heavy atom. The maximum atomic E-state index is 12.3. The number of rotatable bonds is 4. The van der Waals surface area contributed by atoms with Crippen LogP contribution in [0.2, 0.25) is 0 Å². The molecule has 1 aliphatic rings. The summed E-state index contributed by atoms with van der Waals surface area (Å²) < 4.78 is 42.4. The summed E-state index contributed by atoms with van der Waals surface area (Å²) >= 11 is 0. The summed E-state index contributed by atoms with van der Waals surface area (Å²) in [5, 5.41) is 4.66. The standard InChI is InChI=1S/C18H19F3N4O/c1-13(2)15-11-16(24-9-5-3-4-6-10-24)23-25(15)14-7-8-17(22-12-14)26-18(19,20)21/h7-8,11-13H,5-6,9-10H2,1-2H3. The fraction of sp³-hybridized carbons (Fsp3) is 0.444. The molecule has 2 aromatic heterocycles. The van der Waals surface area contributed by atoms with Gasteiger partial charge in [-0.1, -0.05) is 13.8 Å². The number of hydrogen-bond acceptors (Lipinski definition) is 4. The second-order valence-corrected chi connectivity index (χ2v) is 6.24. The molecule has 0 atom stereocenters. The summed E-state index contributed by atoms with van der Waals surface area (Å²) in [6.45, 7) is 5.69. The summed E-state index contributed by atoms with van der Waals surface area (Å²) in [4.78, 5) is 5.90. The molecule has 1 aliphatic heterocycles. The molecule has 0 aromatic carbocycles. The van der Waals surface area contributed by atoms with E-state index in [0.717, 1.165) is 37.4 Å². The van der Waals surface area contributed by atoms with Crippen LogP contribution in [0.4, 0.5) is 19.0 Å². The van der Waals surface area contributed by atoms with Crippen molar-refractivity contribution in [2.75, 3.05) is 18.0 Å². The van der Waals surface area contributed by atoms with E-state index in [1.807, 2.05) is 19.9 Å². The van der Waals surface area contributed by atoms with E-state index in [1.165, 1.54) is 18.3 Å². The second-order valence-electron chi connectivity index (χ2n) is 6.24. The summed E-state index contributed by atoms with van der Waals surface area (Å²) in [5.41, 5.74) is 1.54. The van der Waals surface area contributed by atoms with Crippen molar-refractivity contribution in [2.24, 2.45) is 0 Å². The average Bonchev–Trinajstić information content (AvgIpc) is 2.83. The second kappa shape index (κ2) is 7.28. The predicted molar refractivity (Wildman–Crippen MR) is 91.4 cm³/mol. The number of alkyl halides is 3. The quantitative estimate of drug-likeness (QED) is 0.772. The first kappa shape index (κ1) is 18.1. The Hall–Kier alpha value is -2.69. The first-order chi connectivity index (χ1) is 12.3. The zero-order valence-corrected chi connectivity index (χ0v) is 14.5. The van der Waals surface area contributed by atoms with Crippen molar-refractivity contribution >= 4 is 5.82 Å². The van der Waals surface area contributed by atoms with E-state index in [4.69, 9.17) is 0 Å². The molecule has 0 aliphatic carbocycles. The Morgan fingerprint density at radius 1 is 1.15 bits per heavy atom. The van der Waals surface area contributed by atoms with Crippen molar-refractivity contribution in [1.29, 1.82) is 0 Å². The minimum absolute atomic E-state index is 0.186. The molecule has 3 rings (SSSR count). The van der Waals surface area contributed by atoms with Gasteiger partial charge < -0.3 is 9.64 Å². The van der Waals surface area contributed by atoms with Crippen molar-refractivity contribution in [1.82, 2.24) is 14.8 Å². The number of aromatic nitrogens is 3. The average molecular weight is 364 g/mol. The van der Waals surface area contributed by atoms with E-state index in [-0.39, 0.29) is 5.92 Å². The van der Waals surface area contributed by atoms with Crippen LogP contribution in [0.15, 0.2) is 24.4 Å². The number of halogens is 3. The highest BCUT2D eigenvalue weighted by atomic mass is 19.4. The van der Waals surface area contributed by atoms with Gasteiger partial charge in [0, 0.05) is 43.8 Å². The number of hydrogen-bond donors (Lipinski definition) is 0. The van der Waals surface area contributed by atoms with Gasteiger partial charge in [0.25, 0.3) is 0 Å². The van der Waals surface area contributed by atoms with Crippen LogP contribution < -0.4 is 9.64 Å². The first-order valence-electron chi connectivity index (χ1n) is 8.36. The summed E-state index contributed by atoms with van der Waals surface area (Å²) in [7, 11) is 0. The monoisotopic (exact) mass is 364 g/mol. The van der Waals surface area contributed by atoms with Crippen molar-refractivity contribution in [3.8, 4) is 23.4 Å². The van der Waals surface area contributed by atoms with Crippen LogP contribution in [0.25, 0.3) is 5.69 Å². The van der Waals surface area contributed by atoms with Crippen molar-refractivity contribution < 1.29 is 17.9 Å². The smallest absolute Gasteiger partial charge is 0.388 e. The first-order valence-corrected chi connectivity index (χ1v) is 8.36. The molecule has 5 nitrogen and oxygen atoms in total. The summed E-state index contributed by atoms with van der Waals surface area (Å²) in [6.07, 6.45) is -1.86. The summed E-state index contributed by atoms with van der Waals surface area (Å²) in [6, 6.07) is 4.71. The molecular weight excluding hydrogens is 345 g/mol. The lowest BCUT2D eigenvalue weighted by Gasteiger charge is -2.18. The van der Waals surface area contributed by atoms with Crippen LogP contribution in [0.1, 0.15) is 38.3 Å². The zero-order chi connectivity index (χ0) is 18.7. The van der Waals surface area contributed by atoms with Crippen LogP contribution in [-0.2, 0) is 0 Å². The minimum Gasteiger partial charge on any atom is -0.388 e. The number of nitrogens with zero attached hydrogens (tertiary/aromatic N) is 4. The molecular formula is C18H19F3N4O. The predicted octanol–water partition coefficient (Wildman–Crippen LogP) is 3.89. The Kier molecular flexibility index (Phi) is 5.07. The van der Waals surface area contributed by atoms with Crippen molar-refractivity contribution in [3.63, 3.8) is 0 Å². The Labute approximate surface area is 149 Å². The third kappa shape index (κ3) is 4.28. The SMILES string of the molecule is CC(C)c1cc(N2CCC#CCC2)nn1-c1ccc(OC(F)(F)F)nc1. The molecule has 3 heterocycles. The molecule has 0 saturated carbocycles. The highest BCUT2D eigenvalue weighted by Crippen LogP contribution is 2.26. The fourth-order valence-corrected chi connectivity index (χ4v) is 2.73. The van der Waals surface area contributed by atoms with E-state index in [0.29, 0.717) is 5.69 Å². The van der Waals surface area contributed by atoms with Gasteiger partial charge in [0.1, 0.15) is 0 Å². The zero-order valence-electron chi connectivity index (χ0n) is 14.5. The van der Waals surface area contributed by atoms with Gasteiger partial charge in [0.05, 0.1) is 11.9 Å². The Bertz CT molecular complexity index is 804. The van der Waals surface area contributed by atoms with Gasteiger partial charge in [0.2, 0.25) is 5.88 Å². The van der Waals surface area contributed by atoms with E-state index in [1.54, 1.807) is 4.68 Å². The normalized spacial score (nSPS) is 14.8. The minimum atomic E-state index is -4.76. The Balaban J connectivity index is 1.88. The van der Waals surface area contributed by atoms with Crippen molar-refractivity contribution in [3.05, 3.63) is 30.1 Å². The molecule has 0 saturated heterocycles. The lowest BCUT2D eigenvalue weighted by molar-refractivity contribution is -0.276. The maximum Gasteiger partial charge on any atom is 0.574 e. The lowest BCUT2D eigenvalue weighted by Crippen LogP contribution is -2.24. The van der Waals surface area contributed by atoms with E-state index in [2.05, 4.69) is 31.6 Å². The molecule has 0 amide bonds. The van der Waals surface area contributed by atoms with Gasteiger partial charge in [-0.3, -0.25) is 0 Å². The number of anilines is 1. The fourth-order valence-electron chi connectivity index (χ4n) is 2.73. The molecule has 26 heavy (non-hydrogen) atoms. The molecule has 0 bridgehead atoms. The lowest BCUT2D eigenvalue weighted by atomic mass is 10.1. The van der Waals surface area contributed by atoms with Gasteiger partial charge in [-0.25, -0.2) is 9.67 Å². The van der Waals surface area contributed by atoms with Crippen LogP contribution in [-0.4, -0.2) is 34.2 Å². The van der Waals surface area contributed by atoms with Crippen LogP contribution in [0, 0.1) is 11.8 Å². The Morgan fingerprint density at radius 3 is 2.38 bits per heavy atom. The van der Waals surface area contributed by atoms with Crippen molar-refractivity contribution in [2.45, 2.75) is 39.0 Å². The van der Waals surface area contributed by atoms with E-state index < -0.39 is 12.2 Å². The third-order valence-corrected chi connectivity index (χ3v) is 3.96. The molecule has 138 valence electrons. The topological polar surface area (TPSA) is 43.2 Å². The van der Waals surface area contributed by atoms with Gasteiger partial charge in [-0.15, -0.1) is 30.1 Å².